The van der Waals surface area contributed by atoms with Crippen molar-refractivity contribution >= 4 is 15.9 Å². The van der Waals surface area contributed by atoms with E-state index in [-0.39, 0.29) is 6.42 Å². The number of nitrogens with zero attached hydrogens (tertiary/aromatic N) is 2. The number of unbranched alkanes of at least 4 members (excludes halogenated alkanes) is 3. The number of carbonyl (C=O) groups excluding carboxylic acids is 1. The first kappa shape index (κ1) is 16.7. The lowest BCUT2D eigenvalue weighted by molar-refractivity contribution is -0.696. The third-order valence-corrected chi connectivity index (χ3v) is 3.58. The van der Waals surface area contributed by atoms with Crippen molar-refractivity contribution in [3.05, 3.63) is 18.7 Å². The van der Waals surface area contributed by atoms with Crippen LogP contribution >= 0.6 is 0 Å². The minimum absolute atomic E-state index is 0.270. The largest absolute Gasteiger partial charge is 0.274 e. The van der Waals surface area contributed by atoms with Gasteiger partial charge in [-0.1, -0.05) is 6.42 Å². The molecule has 1 aromatic rings. The smallest absolute Gasteiger partial charge is 0.243 e. The molecular weight excluding hydrogens is 278 g/mol. The fraction of sp³-hybridized carbons (Fsp3) is 0.692. The molecule has 0 aliphatic carbocycles. The first-order valence-electron chi connectivity index (χ1n) is 6.96. The zero-order chi connectivity index (χ0) is 15.0. The van der Waals surface area contributed by atoms with E-state index in [4.69, 9.17) is 0 Å². The van der Waals surface area contributed by atoms with E-state index >= 15 is 0 Å². The van der Waals surface area contributed by atoms with E-state index in [9.17, 15) is 13.2 Å². The average Bonchev–Trinajstić information content (AvgIpc) is 2.79. The maximum absolute atomic E-state index is 11.3. The van der Waals surface area contributed by atoms with E-state index in [2.05, 4.69) is 34.8 Å². The lowest BCUT2D eigenvalue weighted by Gasteiger charge is -2.02. The Kier molecular flexibility index (Phi) is 6.70. The molecule has 0 aromatic carbocycles. The van der Waals surface area contributed by atoms with E-state index in [1.807, 2.05) is 4.72 Å². The second kappa shape index (κ2) is 8.04. The highest BCUT2D eigenvalue weighted by Crippen LogP contribution is 2.03. The molecule has 114 valence electrons. The third kappa shape index (κ3) is 7.28. The van der Waals surface area contributed by atoms with Crippen LogP contribution in [0.4, 0.5) is 0 Å². The van der Waals surface area contributed by atoms with Crippen LogP contribution in [0.2, 0.25) is 0 Å². The molecule has 0 atom stereocenters. The minimum atomic E-state index is -3.41. The van der Waals surface area contributed by atoms with Crippen molar-refractivity contribution in [3.63, 3.8) is 0 Å². The number of nitrogens with one attached hydrogen (secondary N) is 1. The molecule has 1 aromatic heterocycles. The van der Waals surface area contributed by atoms with Gasteiger partial charge in [-0.15, -0.1) is 0 Å². The van der Waals surface area contributed by atoms with Gasteiger partial charge >= 0.3 is 0 Å². The Balaban J connectivity index is 2.06. The van der Waals surface area contributed by atoms with Crippen LogP contribution < -0.4 is 9.29 Å². The number of aryl methyl sites for hydroxylation is 2. The number of hydrogen-bond donors (Lipinski definition) is 1. The van der Waals surface area contributed by atoms with Crippen LogP contribution in [0, 0.1) is 0 Å². The molecule has 7 heteroatoms. The predicted octanol–water partition coefficient (Wildman–Crippen LogP) is 0.822. The van der Waals surface area contributed by atoms with Gasteiger partial charge in [0.05, 0.1) is 19.3 Å². The fourth-order valence-electron chi connectivity index (χ4n) is 1.95. The number of rotatable bonds is 9. The molecule has 0 fully saturated rings. The third-order valence-electron chi connectivity index (χ3n) is 2.98. The summed E-state index contributed by atoms with van der Waals surface area (Å²) >= 11 is 0. The van der Waals surface area contributed by atoms with Gasteiger partial charge in [0, 0.05) is 6.42 Å². The van der Waals surface area contributed by atoms with E-state index < -0.39 is 15.9 Å². The van der Waals surface area contributed by atoms with Gasteiger partial charge < -0.3 is 0 Å². The summed E-state index contributed by atoms with van der Waals surface area (Å²) in [6.45, 7) is 4.05. The minimum Gasteiger partial charge on any atom is -0.274 e. The second-order valence-corrected chi connectivity index (χ2v) is 6.69. The number of sulfonamides is 1. The SMILES string of the molecule is CCn1cc[n+](CCCCCCC(=O)NS(C)(=O)=O)c1. The van der Waals surface area contributed by atoms with Gasteiger partial charge in [0.2, 0.25) is 22.3 Å². The quantitative estimate of drug-likeness (QED) is 0.542. The van der Waals surface area contributed by atoms with E-state index in [1.54, 1.807) is 0 Å². The molecule has 0 bridgehead atoms. The van der Waals surface area contributed by atoms with Gasteiger partial charge in [0.15, 0.2) is 0 Å². The topological polar surface area (TPSA) is 72.0 Å². The van der Waals surface area contributed by atoms with Crippen molar-refractivity contribution in [1.82, 2.24) is 9.29 Å². The molecular formula is C13H24N3O3S+. The Labute approximate surface area is 120 Å². The molecule has 20 heavy (non-hydrogen) atoms. The monoisotopic (exact) mass is 302 g/mol. The molecule has 0 unspecified atom stereocenters. The predicted molar refractivity (Wildman–Crippen MR) is 76.4 cm³/mol. The Hall–Kier alpha value is -1.37. The van der Waals surface area contributed by atoms with Gasteiger partial charge in [-0.05, 0) is 26.2 Å². The van der Waals surface area contributed by atoms with Crippen LogP contribution in [0.1, 0.15) is 39.0 Å². The molecule has 0 saturated heterocycles. The average molecular weight is 302 g/mol. The van der Waals surface area contributed by atoms with Crippen LogP contribution in [0.3, 0.4) is 0 Å². The van der Waals surface area contributed by atoms with E-state index in [1.165, 1.54) is 0 Å². The molecule has 0 spiro atoms. The summed E-state index contributed by atoms with van der Waals surface area (Å²) in [5.41, 5.74) is 0. The highest BCUT2D eigenvalue weighted by atomic mass is 32.2. The van der Waals surface area contributed by atoms with Crippen molar-refractivity contribution in [1.29, 1.82) is 0 Å². The van der Waals surface area contributed by atoms with Crippen molar-refractivity contribution in [2.45, 2.75) is 52.1 Å². The van der Waals surface area contributed by atoms with Crippen LogP contribution in [0.15, 0.2) is 18.7 Å². The Morgan fingerprint density at radius 2 is 1.95 bits per heavy atom. The van der Waals surface area contributed by atoms with Crippen molar-refractivity contribution in [3.8, 4) is 0 Å². The van der Waals surface area contributed by atoms with Crippen molar-refractivity contribution in [2.24, 2.45) is 0 Å². The molecule has 1 rings (SSSR count). The number of aromatic nitrogens is 2. The van der Waals surface area contributed by atoms with Crippen LogP contribution in [-0.4, -0.2) is 25.1 Å². The Morgan fingerprint density at radius 3 is 2.55 bits per heavy atom. The molecule has 0 radical (unpaired) electrons. The highest BCUT2D eigenvalue weighted by Gasteiger charge is 2.07. The van der Waals surface area contributed by atoms with Gasteiger partial charge in [0.25, 0.3) is 0 Å². The first-order valence-corrected chi connectivity index (χ1v) is 8.85. The fourth-order valence-corrected chi connectivity index (χ4v) is 2.47. The maximum atomic E-state index is 11.3. The van der Waals surface area contributed by atoms with Crippen molar-refractivity contribution in [2.75, 3.05) is 6.26 Å². The van der Waals surface area contributed by atoms with Gasteiger partial charge in [-0.25, -0.2) is 17.6 Å². The van der Waals surface area contributed by atoms with Gasteiger partial charge in [-0.3, -0.25) is 9.52 Å². The second-order valence-electron chi connectivity index (χ2n) is 4.94. The number of hydrogen-bond acceptors (Lipinski definition) is 3. The Bertz CT molecular complexity index is 523. The molecule has 0 aliphatic rings. The standard InChI is InChI=1S/C13H23N3O3S/c1-3-15-10-11-16(12-15)9-7-5-4-6-8-13(17)14-20(2,18)19/h10-12H,3-9H2,1-2H3/p+1. The maximum Gasteiger partial charge on any atom is 0.243 e. The summed E-state index contributed by atoms with van der Waals surface area (Å²) in [6.07, 6.45) is 11.2. The van der Waals surface area contributed by atoms with Crippen LogP contribution in [-0.2, 0) is 27.9 Å². The summed E-state index contributed by atoms with van der Waals surface area (Å²) in [6, 6.07) is 0. The summed E-state index contributed by atoms with van der Waals surface area (Å²) < 4.78 is 27.9. The summed E-state index contributed by atoms with van der Waals surface area (Å²) in [7, 11) is -3.41. The van der Waals surface area contributed by atoms with Crippen LogP contribution in [0.5, 0.6) is 0 Å². The summed E-state index contributed by atoms with van der Waals surface area (Å²) in [5.74, 6) is -0.415. The van der Waals surface area contributed by atoms with E-state index in [0.29, 0.717) is 0 Å². The first-order chi connectivity index (χ1) is 9.40. The lowest BCUT2D eigenvalue weighted by atomic mass is 10.1. The molecule has 1 heterocycles. The highest BCUT2D eigenvalue weighted by molar-refractivity contribution is 7.89. The number of carbonyl (C=O) groups is 1. The number of amides is 1. The number of imidazole rings is 1. The normalized spacial score (nSPS) is 11.5. The van der Waals surface area contributed by atoms with Gasteiger partial charge in [-0.2, -0.15) is 0 Å². The molecule has 1 amide bonds. The molecule has 1 N–H and O–H groups in total. The Morgan fingerprint density at radius 1 is 1.25 bits per heavy atom. The zero-order valence-corrected chi connectivity index (χ0v) is 13.0. The lowest BCUT2D eigenvalue weighted by Crippen LogP contribution is -2.30. The van der Waals surface area contributed by atoms with Crippen LogP contribution in [0.25, 0.3) is 0 Å². The van der Waals surface area contributed by atoms with Crippen molar-refractivity contribution < 1.29 is 17.8 Å². The van der Waals surface area contributed by atoms with Gasteiger partial charge in [0.1, 0.15) is 12.4 Å². The van der Waals surface area contributed by atoms with E-state index in [0.717, 1.165) is 45.0 Å². The molecule has 0 saturated carbocycles. The molecule has 6 nitrogen and oxygen atoms in total. The summed E-state index contributed by atoms with van der Waals surface area (Å²) in [5, 5.41) is 0. The zero-order valence-electron chi connectivity index (χ0n) is 12.2. The summed E-state index contributed by atoms with van der Waals surface area (Å²) in [4.78, 5) is 11.3. The molecule has 0 aliphatic heterocycles.